The number of rotatable bonds is 5. The quantitative estimate of drug-likeness (QED) is 0.734. The fourth-order valence-corrected chi connectivity index (χ4v) is 2.07. The van der Waals surface area contributed by atoms with Gasteiger partial charge in [0.2, 0.25) is 5.82 Å². The summed E-state index contributed by atoms with van der Waals surface area (Å²) in [7, 11) is 0. The van der Waals surface area contributed by atoms with E-state index in [2.05, 4.69) is 20.6 Å². The molecule has 90 valence electrons. The maximum absolute atomic E-state index is 5.63. The standard InChI is InChI=1S/C10H17N3O2S/c1-2-3-6-15-10-9(11-16-12-10)13-4-7-14-8-5-13/h2-8H2,1H3. The van der Waals surface area contributed by atoms with Crippen molar-refractivity contribution in [3.8, 4) is 5.88 Å². The molecule has 1 saturated heterocycles. The Balaban J connectivity index is 1.94. The molecule has 0 amide bonds. The fraction of sp³-hybridized carbons (Fsp3) is 0.800. The van der Waals surface area contributed by atoms with E-state index in [1.807, 2.05) is 0 Å². The second kappa shape index (κ2) is 6.00. The van der Waals surface area contributed by atoms with Crippen LogP contribution in [0.5, 0.6) is 5.88 Å². The zero-order valence-corrected chi connectivity index (χ0v) is 10.3. The van der Waals surface area contributed by atoms with Crippen LogP contribution in [0.4, 0.5) is 5.82 Å². The molecule has 1 aromatic rings. The number of ether oxygens (including phenoxy) is 2. The highest BCUT2D eigenvalue weighted by Crippen LogP contribution is 2.26. The molecule has 0 aliphatic carbocycles. The molecule has 1 aliphatic heterocycles. The van der Waals surface area contributed by atoms with Crippen molar-refractivity contribution in [1.82, 2.24) is 8.75 Å². The second-order valence-corrected chi connectivity index (χ2v) is 4.22. The largest absolute Gasteiger partial charge is 0.474 e. The van der Waals surface area contributed by atoms with Gasteiger partial charge in [-0.2, -0.15) is 4.37 Å². The minimum Gasteiger partial charge on any atom is -0.474 e. The topological polar surface area (TPSA) is 47.5 Å². The normalized spacial score (nSPS) is 16.4. The zero-order valence-electron chi connectivity index (χ0n) is 9.52. The molecule has 1 aromatic heterocycles. The van der Waals surface area contributed by atoms with Gasteiger partial charge in [0.25, 0.3) is 5.88 Å². The van der Waals surface area contributed by atoms with Crippen LogP contribution < -0.4 is 9.64 Å². The Morgan fingerprint density at radius 1 is 1.38 bits per heavy atom. The van der Waals surface area contributed by atoms with Crippen LogP contribution in [0.2, 0.25) is 0 Å². The molecule has 5 nitrogen and oxygen atoms in total. The average Bonchev–Trinajstić information content (AvgIpc) is 2.79. The van der Waals surface area contributed by atoms with Crippen molar-refractivity contribution in [3.63, 3.8) is 0 Å². The lowest BCUT2D eigenvalue weighted by molar-refractivity contribution is 0.122. The summed E-state index contributed by atoms with van der Waals surface area (Å²) in [6.45, 7) is 6.12. The Kier molecular flexibility index (Phi) is 4.35. The van der Waals surface area contributed by atoms with Crippen molar-refractivity contribution in [1.29, 1.82) is 0 Å². The lowest BCUT2D eigenvalue weighted by atomic mass is 10.4. The second-order valence-electron chi connectivity index (χ2n) is 3.69. The van der Waals surface area contributed by atoms with Crippen molar-refractivity contribution in [3.05, 3.63) is 0 Å². The van der Waals surface area contributed by atoms with Gasteiger partial charge in [-0.3, -0.25) is 0 Å². The van der Waals surface area contributed by atoms with E-state index in [-0.39, 0.29) is 0 Å². The van der Waals surface area contributed by atoms with Gasteiger partial charge in [0.05, 0.1) is 31.5 Å². The van der Waals surface area contributed by atoms with Crippen LogP contribution in [-0.4, -0.2) is 41.7 Å². The summed E-state index contributed by atoms with van der Waals surface area (Å²) in [4.78, 5) is 2.17. The van der Waals surface area contributed by atoms with Crippen LogP contribution in [0.25, 0.3) is 0 Å². The highest BCUT2D eigenvalue weighted by atomic mass is 32.1. The fourth-order valence-electron chi connectivity index (χ4n) is 1.55. The van der Waals surface area contributed by atoms with E-state index in [4.69, 9.17) is 9.47 Å². The van der Waals surface area contributed by atoms with Crippen LogP contribution in [0.3, 0.4) is 0 Å². The van der Waals surface area contributed by atoms with Crippen LogP contribution in [-0.2, 0) is 4.74 Å². The first-order valence-corrected chi connectivity index (χ1v) is 6.43. The predicted octanol–water partition coefficient (Wildman–Crippen LogP) is 1.55. The van der Waals surface area contributed by atoms with E-state index in [0.29, 0.717) is 5.88 Å². The highest BCUT2D eigenvalue weighted by molar-refractivity contribution is 6.99. The Bertz CT molecular complexity index is 313. The Hall–Kier alpha value is -0.880. The summed E-state index contributed by atoms with van der Waals surface area (Å²) in [5, 5.41) is 0. The van der Waals surface area contributed by atoms with E-state index in [0.717, 1.165) is 51.6 Å². The van der Waals surface area contributed by atoms with Crippen molar-refractivity contribution in [2.24, 2.45) is 0 Å². The van der Waals surface area contributed by atoms with Crippen LogP contribution >= 0.6 is 11.7 Å². The van der Waals surface area contributed by atoms with Crippen molar-refractivity contribution >= 4 is 17.5 Å². The van der Waals surface area contributed by atoms with E-state index in [1.54, 1.807) is 0 Å². The smallest absolute Gasteiger partial charge is 0.270 e. The molecule has 0 unspecified atom stereocenters. The minimum absolute atomic E-state index is 0.681. The van der Waals surface area contributed by atoms with E-state index in [1.165, 1.54) is 11.7 Å². The molecule has 0 saturated carbocycles. The third-order valence-corrected chi connectivity index (χ3v) is 2.99. The van der Waals surface area contributed by atoms with Gasteiger partial charge in [-0.05, 0) is 6.42 Å². The number of hydrogen-bond acceptors (Lipinski definition) is 6. The molecule has 0 aromatic carbocycles. The van der Waals surface area contributed by atoms with Crippen molar-refractivity contribution in [2.45, 2.75) is 19.8 Å². The van der Waals surface area contributed by atoms with Gasteiger partial charge in [0.1, 0.15) is 0 Å². The Morgan fingerprint density at radius 2 is 2.19 bits per heavy atom. The van der Waals surface area contributed by atoms with Gasteiger partial charge < -0.3 is 14.4 Å². The van der Waals surface area contributed by atoms with E-state index >= 15 is 0 Å². The van der Waals surface area contributed by atoms with Crippen LogP contribution in [0.15, 0.2) is 0 Å². The van der Waals surface area contributed by atoms with Crippen LogP contribution in [0.1, 0.15) is 19.8 Å². The lowest BCUT2D eigenvalue weighted by Crippen LogP contribution is -2.36. The van der Waals surface area contributed by atoms with Gasteiger partial charge in [0.15, 0.2) is 0 Å². The molecular formula is C10H17N3O2S. The molecule has 0 N–H and O–H groups in total. The average molecular weight is 243 g/mol. The number of aromatic nitrogens is 2. The molecule has 1 aliphatic rings. The zero-order chi connectivity index (χ0) is 11.2. The Labute approximate surface area is 99.7 Å². The number of nitrogens with zero attached hydrogens (tertiary/aromatic N) is 3. The molecule has 0 spiro atoms. The summed E-state index contributed by atoms with van der Waals surface area (Å²) in [6.07, 6.45) is 2.19. The molecule has 6 heteroatoms. The minimum atomic E-state index is 0.681. The van der Waals surface area contributed by atoms with Crippen molar-refractivity contribution < 1.29 is 9.47 Å². The molecule has 16 heavy (non-hydrogen) atoms. The molecular weight excluding hydrogens is 226 g/mol. The summed E-state index contributed by atoms with van der Waals surface area (Å²) in [5.74, 6) is 1.56. The number of hydrogen-bond donors (Lipinski definition) is 0. The van der Waals surface area contributed by atoms with Gasteiger partial charge in [-0.1, -0.05) is 13.3 Å². The first-order valence-electron chi connectivity index (χ1n) is 5.70. The number of anilines is 1. The van der Waals surface area contributed by atoms with E-state index in [9.17, 15) is 0 Å². The maximum atomic E-state index is 5.63. The number of unbranched alkanes of at least 4 members (excludes halogenated alkanes) is 1. The molecule has 2 rings (SSSR count). The summed E-state index contributed by atoms with van der Waals surface area (Å²) < 4.78 is 19.4. The first-order chi connectivity index (χ1) is 7.92. The monoisotopic (exact) mass is 243 g/mol. The van der Waals surface area contributed by atoms with Gasteiger partial charge >= 0.3 is 0 Å². The Morgan fingerprint density at radius 3 is 2.94 bits per heavy atom. The number of morpholine rings is 1. The third kappa shape index (κ3) is 2.82. The first kappa shape index (κ1) is 11.6. The van der Waals surface area contributed by atoms with Gasteiger partial charge in [0, 0.05) is 13.1 Å². The van der Waals surface area contributed by atoms with Crippen LogP contribution in [0, 0.1) is 0 Å². The third-order valence-electron chi connectivity index (χ3n) is 2.49. The molecule has 0 atom stereocenters. The summed E-state index contributed by atoms with van der Waals surface area (Å²) in [5.41, 5.74) is 0. The van der Waals surface area contributed by atoms with Gasteiger partial charge in [-0.25, -0.2) is 0 Å². The maximum Gasteiger partial charge on any atom is 0.270 e. The molecule has 2 heterocycles. The van der Waals surface area contributed by atoms with Gasteiger partial charge in [-0.15, -0.1) is 4.37 Å². The predicted molar refractivity (Wildman–Crippen MR) is 63.3 cm³/mol. The molecule has 0 bridgehead atoms. The lowest BCUT2D eigenvalue weighted by Gasteiger charge is -2.26. The summed E-state index contributed by atoms with van der Waals surface area (Å²) in [6, 6.07) is 0. The highest BCUT2D eigenvalue weighted by Gasteiger charge is 2.19. The molecule has 0 radical (unpaired) electrons. The molecule has 1 fully saturated rings. The van der Waals surface area contributed by atoms with E-state index < -0.39 is 0 Å². The summed E-state index contributed by atoms with van der Waals surface area (Å²) >= 11 is 1.21. The van der Waals surface area contributed by atoms with Crippen molar-refractivity contribution in [2.75, 3.05) is 37.8 Å². The SMILES string of the molecule is CCCCOc1nsnc1N1CCOCC1.